The molecule has 0 atom stereocenters. The van der Waals surface area contributed by atoms with E-state index in [1.807, 2.05) is 45.0 Å². The fourth-order valence-corrected chi connectivity index (χ4v) is 2.20. The third-order valence-electron chi connectivity index (χ3n) is 3.08. The Balaban J connectivity index is 2.39. The topological polar surface area (TPSA) is 66.4 Å². The van der Waals surface area contributed by atoms with Crippen LogP contribution in [0, 0.1) is 5.41 Å². The number of benzene rings is 2. The number of hydrogen-bond acceptors (Lipinski definition) is 2. The lowest BCUT2D eigenvalue weighted by molar-refractivity contribution is -0.117. The molecule has 0 saturated carbocycles. The molecule has 0 aromatic heterocycles. The molecule has 0 heterocycles. The Morgan fingerprint density at radius 2 is 1.67 bits per heavy atom. The van der Waals surface area contributed by atoms with Crippen molar-refractivity contribution in [1.29, 1.82) is 0 Å². The van der Waals surface area contributed by atoms with E-state index in [2.05, 4.69) is 5.32 Å². The van der Waals surface area contributed by atoms with Gasteiger partial charge in [0.25, 0.3) is 0 Å². The second-order valence-corrected chi connectivity index (χ2v) is 6.34. The van der Waals surface area contributed by atoms with Gasteiger partial charge >= 0.3 is 5.97 Å². The van der Waals surface area contributed by atoms with Crippen molar-refractivity contribution < 1.29 is 14.7 Å². The van der Waals surface area contributed by atoms with E-state index >= 15 is 0 Å². The third-order valence-corrected chi connectivity index (χ3v) is 3.08. The summed E-state index contributed by atoms with van der Waals surface area (Å²) in [6, 6.07) is 10.8. The number of hydrogen-bond donors (Lipinski definition) is 2. The molecular weight excluding hydrogens is 266 g/mol. The van der Waals surface area contributed by atoms with Crippen LogP contribution in [0.4, 0.5) is 5.69 Å². The van der Waals surface area contributed by atoms with Crippen LogP contribution in [-0.2, 0) is 4.79 Å². The molecular formula is C17H19NO3. The number of carbonyl (C=O) groups is 2. The van der Waals surface area contributed by atoms with Crippen LogP contribution in [0.2, 0.25) is 0 Å². The van der Waals surface area contributed by atoms with Gasteiger partial charge in [0.05, 0.1) is 11.3 Å². The lowest BCUT2D eigenvalue weighted by Crippen LogP contribution is -2.21. The number of carbonyl (C=O) groups excluding carboxylic acids is 1. The maximum atomic E-state index is 12.0. The average Bonchev–Trinajstić information content (AvgIpc) is 2.35. The van der Waals surface area contributed by atoms with E-state index < -0.39 is 5.97 Å². The fourth-order valence-electron chi connectivity index (χ4n) is 2.20. The Labute approximate surface area is 123 Å². The monoisotopic (exact) mass is 285 g/mol. The summed E-state index contributed by atoms with van der Waals surface area (Å²) in [4.78, 5) is 23.4. The zero-order chi connectivity index (χ0) is 15.6. The summed E-state index contributed by atoms with van der Waals surface area (Å²) in [5.41, 5.74) is 0.302. The van der Waals surface area contributed by atoms with E-state index in [0.29, 0.717) is 12.1 Å². The summed E-state index contributed by atoms with van der Waals surface area (Å²) in [6.45, 7) is 5.89. The number of aromatic carboxylic acids is 1. The number of carboxylic acid groups (broad SMARTS) is 1. The molecule has 0 unspecified atom stereocenters. The minimum Gasteiger partial charge on any atom is -0.478 e. The Morgan fingerprint density at radius 3 is 2.19 bits per heavy atom. The highest BCUT2D eigenvalue weighted by atomic mass is 16.4. The SMILES string of the molecule is CC(C)(C)CC(=O)Nc1cc2ccccc2cc1C(=O)O. The first kappa shape index (κ1) is 15.0. The van der Waals surface area contributed by atoms with Crippen molar-refractivity contribution in [1.82, 2.24) is 0 Å². The summed E-state index contributed by atoms with van der Waals surface area (Å²) in [5, 5.41) is 13.8. The smallest absolute Gasteiger partial charge is 0.337 e. The largest absolute Gasteiger partial charge is 0.478 e. The minimum absolute atomic E-state index is 0.107. The summed E-state index contributed by atoms with van der Waals surface area (Å²) in [7, 11) is 0. The van der Waals surface area contributed by atoms with E-state index in [-0.39, 0.29) is 16.9 Å². The molecule has 4 nitrogen and oxygen atoms in total. The molecule has 0 spiro atoms. The van der Waals surface area contributed by atoms with E-state index in [0.717, 1.165) is 10.8 Å². The van der Waals surface area contributed by atoms with Crippen molar-refractivity contribution in [3.63, 3.8) is 0 Å². The van der Waals surface area contributed by atoms with Crippen LogP contribution in [-0.4, -0.2) is 17.0 Å². The van der Waals surface area contributed by atoms with Gasteiger partial charge in [-0.15, -0.1) is 0 Å². The van der Waals surface area contributed by atoms with Gasteiger partial charge in [0.2, 0.25) is 5.91 Å². The second-order valence-electron chi connectivity index (χ2n) is 6.34. The van der Waals surface area contributed by atoms with Gasteiger partial charge in [0.15, 0.2) is 0 Å². The van der Waals surface area contributed by atoms with Gasteiger partial charge in [-0.2, -0.15) is 0 Å². The molecule has 2 aromatic rings. The highest BCUT2D eigenvalue weighted by Crippen LogP contribution is 2.26. The summed E-state index contributed by atoms with van der Waals surface area (Å²) in [6.07, 6.45) is 0.332. The minimum atomic E-state index is -1.05. The van der Waals surface area contributed by atoms with Crippen LogP contribution in [0.3, 0.4) is 0 Å². The summed E-state index contributed by atoms with van der Waals surface area (Å²) >= 11 is 0. The van der Waals surface area contributed by atoms with Crippen LogP contribution in [0.1, 0.15) is 37.6 Å². The number of rotatable bonds is 3. The van der Waals surface area contributed by atoms with Gasteiger partial charge in [-0.3, -0.25) is 4.79 Å². The third kappa shape index (κ3) is 3.81. The van der Waals surface area contributed by atoms with Gasteiger partial charge in [-0.25, -0.2) is 4.79 Å². The van der Waals surface area contributed by atoms with Crippen molar-refractivity contribution in [3.05, 3.63) is 42.0 Å². The van der Waals surface area contributed by atoms with Crippen LogP contribution in [0.15, 0.2) is 36.4 Å². The Bertz CT molecular complexity index is 699. The molecule has 110 valence electrons. The van der Waals surface area contributed by atoms with Gasteiger partial charge in [0.1, 0.15) is 0 Å². The number of nitrogens with one attached hydrogen (secondary N) is 1. The predicted molar refractivity (Wildman–Crippen MR) is 83.6 cm³/mol. The molecule has 1 amide bonds. The standard InChI is InChI=1S/C17H19NO3/c1-17(2,3)10-15(19)18-14-9-12-7-5-4-6-11(12)8-13(14)16(20)21/h4-9H,10H2,1-3H3,(H,18,19)(H,20,21). The fraction of sp³-hybridized carbons (Fsp3) is 0.294. The first-order valence-corrected chi connectivity index (χ1v) is 6.82. The highest BCUT2D eigenvalue weighted by Gasteiger charge is 2.18. The maximum absolute atomic E-state index is 12.0. The zero-order valence-corrected chi connectivity index (χ0v) is 12.4. The lowest BCUT2D eigenvalue weighted by Gasteiger charge is -2.18. The van der Waals surface area contributed by atoms with Gasteiger partial charge < -0.3 is 10.4 Å². The first-order valence-electron chi connectivity index (χ1n) is 6.82. The van der Waals surface area contributed by atoms with E-state index in [9.17, 15) is 14.7 Å². The molecule has 4 heteroatoms. The molecule has 2 rings (SSSR count). The highest BCUT2D eigenvalue weighted by molar-refractivity contribution is 6.05. The molecule has 2 aromatic carbocycles. The van der Waals surface area contributed by atoms with Crippen molar-refractivity contribution >= 4 is 28.3 Å². The molecule has 21 heavy (non-hydrogen) atoms. The molecule has 2 N–H and O–H groups in total. The first-order chi connectivity index (χ1) is 9.76. The normalized spacial score (nSPS) is 11.4. The van der Waals surface area contributed by atoms with E-state index in [1.165, 1.54) is 0 Å². The van der Waals surface area contributed by atoms with Crippen LogP contribution in [0.25, 0.3) is 10.8 Å². The molecule has 0 fully saturated rings. The molecule has 0 saturated heterocycles. The molecule has 0 bridgehead atoms. The zero-order valence-electron chi connectivity index (χ0n) is 12.4. The van der Waals surface area contributed by atoms with Gasteiger partial charge in [-0.05, 0) is 28.3 Å². The number of amides is 1. The van der Waals surface area contributed by atoms with Gasteiger partial charge in [0, 0.05) is 6.42 Å². The predicted octanol–water partition coefficient (Wildman–Crippen LogP) is 3.91. The van der Waals surface area contributed by atoms with E-state index in [4.69, 9.17) is 0 Å². The average molecular weight is 285 g/mol. The van der Waals surface area contributed by atoms with Crippen LogP contribution in [0.5, 0.6) is 0 Å². The van der Waals surface area contributed by atoms with Crippen LogP contribution < -0.4 is 5.32 Å². The Morgan fingerprint density at radius 1 is 1.10 bits per heavy atom. The van der Waals surface area contributed by atoms with Crippen molar-refractivity contribution in [2.75, 3.05) is 5.32 Å². The van der Waals surface area contributed by atoms with Crippen molar-refractivity contribution in [2.24, 2.45) is 5.41 Å². The van der Waals surface area contributed by atoms with E-state index in [1.54, 1.807) is 12.1 Å². The Kier molecular flexibility index (Phi) is 3.98. The molecule has 0 aliphatic rings. The molecule has 0 radical (unpaired) electrons. The summed E-state index contributed by atoms with van der Waals surface area (Å²) < 4.78 is 0. The van der Waals surface area contributed by atoms with Crippen molar-refractivity contribution in [3.8, 4) is 0 Å². The van der Waals surface area contributed by atoms with Crippen molar-refractivity contribution in [2.45, 2.75) is 27.2 Å². The second kappa shape index (κ2) is 5.56. The summed E-state index contributed by atoms with van der Waals surface area (Å²) in [5.74, 6) is -1.23. The molecule has 0 aliphatic heterocycles. The Hall–Kier alpha value is -2.36. The van der Waals surface area contributed by atoms with Crippen LogP contribution >= 0.6 is 0 Å². The number of anilines is 1. The molecule has 0 aliphatic carbocycles. The van der Waals surface area contributed by atoms with Gasteiger partial charge in [-0.1, -0.05) is 45.0 Å². The lowest BCUT2D eigenvalue weighted by atomic mass is 9.92. The number of fused-ring (bicyclic) bond motifs is 1. The quantitative estimate of drug-likeness (QED) is 0.898. The number of carboxylic acids is 1. The maximum Gasteiger partial charge on any atom is 0.337 e.